The van der Waals surface area contributed by atoms with E-state index in [2.05, 4.69) is 37.4 Å². The molecule has 2 aliphatic rings. The topological polar surface area (TPSA) is 212 Å². The van der Waals surface area contributed by atoms with Crippen molar-refractivity contribution in [2.24, 2.45) is 11.3 Å². The lowest BCUT2D eigenvalue weighted by atomic mass is 9.97. The maximum Gasteiger partial charge on any atom is 0.449 e. The van der Waals surface area contributed by atoms with Crippen molar-refractivity contribution in [2.45, 2.75) is 69.9 Å². The molecule has 2 aliphatic carbocycles. The van der Waals surface area contributed by atoms with Gasteiger partial charge in [-0.25, -0.2) is 15.0 Å². The van der Waals surface area contributed by atoms with Gasteiger partial charge in [-0.05, 0) is 36.8 Å². The minimum Gasteiger partial charge on any atom is -0.481 e. The lowest BCUT2D eigenvalue weighted by Crippen LogP contribution is -2.46. The van der Waals surface area contributed by atoms with Crippen LogP contribution in [-0.4, -0.2) is 85.3 Å². The van der Waals surface area contributed by atoms with Crippen LogP contribution in [0.4, 0.5) is 19.0 Å². The number of rotatable bonds is 13. The Labute approximate surface area is 295 Å². The summed E-state index contributed by atoms with van der Waals surface area (Å²) in [5, 5.41) is 23.6. The molecule has 4 N–H and O–H groups in total. The number of nitrogens with zero attached hydrogens (tertiary/aromatic N) is 4. The van der Waals surface area contributed by atoms with Gasteiger partial charge in [-0.2, -0.15) is 13.2 Å². The number of nitrogens with one attached hydrogen (secondary N) is 2. The molecular weight excluding hydrogens is 725 g/mol. The number of hydrogen-bond donors (Lipinski definition) is 4. The third-order valence-corrected chi connectivity index (χ3v) is 9.53. The zero-order chi connectivity index (χ0) is 37.2. The Hall–Kier alpha value is -4.96. The number of thiophene rings is 1. The molecule has 1 amide bonds. The number of carbonyl (C=O) groups is 5. The van der Waals surface area contributed by atoms with Gasteiger partial charge in [-0.1, -0.05) is 18.5 Å². The maximum absolute atomic E-state index is 15.0. The summed E-state index contributed by atoms with van der Waals surface area (Å²) in [6.45, 7) is 2.09. The summed E-state index contributed by atoms with van der Waals surface area (Å²) in [6.07, 6.45) is -11.0. The lowest BCUT2D eigenvalue weighted by Gasteiger charge is -2.31. The van der Waals surface area contributed by atoms with Crippen molar-refractivity contribution >= 4 is 69.7 Å². The first kappa shape index (κ1) is 37.3. The minimum absolute atomic E-state index is 0.0855. The molecule has 2 fully saturated rings. The van der Waals surface area contributed by atoms with E-state index in [9.17, 15) is 37.1 Å². The van der Waals surface area contributed by atoms with Crippen LogP contribution < -0.4 is 10.6 Å². The molecule has 0 spiro atoms. The molecule has 5 rings (SSSR count). The number of hydrogen-bond acceptors (Lipinski definition) is 12. The molecule has 5 unspecified atom stereocenters. The number of carboxylic acid groups (broad SMARTS) is 2. The fourth-order valence-corrected chi connectivity index (χ4v) is 7.12. The van der Waals surface area contributed by atoms with Crippen molar-refractivity contribution in [3.8, 4) is 11.8 Å². The number of ether oxygens (including phenoxy) is 2. The summed E-state index contributed by atoms with van der Waals surface area (Å²) in [4.78, 5) is 74.8. The molecule has 51 heavy (non-hydrogen) atoms. The van der Waals surface area contributed by atoms with E-state index >= 15 is 0 Å². The normalized spacial score (nSPS) is 22.0. The van der Waals surface area contributed by atoms with Crippen molar-refractivity contribution in [3.05, 3.63) is 33.0 Å². The highest BCUT2D eigenvalue weighted by atomic mass is 35.5. The SMILES string of the molecule is CCCNc1nc(C#Cc2ccc(Cl)s2)nc2c1nc(C(F)(F)F)n2C1C(OC(=O)CCC(=O)O)C(OC(=O)CCC(=O)O)C2(C(=O)NC)CC12. The van der Waals surface area contributed by atoms with Gasteiger partial charge in [-0.3, -0.25) is 28.5 Å². The molecule has 0 aliphatic heterocycles. The third kappa shape index (κ3) is 7.71. The Morgan fingerprint density at radius 1 is 1.04 bits per heavy atom. The van der Waals surface area contributed by atoms with Crippen molar-refractivity contribution in [3.63, 3.8) is 0 Å². The average Bonchev–Trinajstić information content (AvgIpc) is 3.31. The number of halogens is 4. The van der Waals surface area contributed by atoms with Gasteiger partial charge in [0, 0.05) is 19.5 Å². The number of aliphatic carboxylic acids is 2. The van der Waals surface area contributed by atoms with Crippen molar-refractivity contribution in [2.75, 3.05) is 18.9 Å². The number of fused-ring (bicyclic) bond motifs is 2. The Morgan fingerprint density at radius 2 is 1.71 bits per heavy atom. The van der Waals surface area contributed by atoms with Crippen LogP contribution in [0.3, 0.4) is 0 Å². The van der Waals surface area contributed by atoms with E-state index in [1.54, 1.807) is 12.1 Å². The van der Waals surface area contributed by atoms with Crippen LogP contribution in [0.1, 0.15) is 68.0 Å². The Bertz CT molecular complexity index is 1960. The van der Waals surface area contributed by atoms with E-state index in [1.165, 1.54) is 7.05 Å². The van der Waals surface area contributed by atoms with E-state index in [0.717, 1.165) is 11.3 Å². The number of imidazole rings is 1. The van der Waals surface area contributed by atoms with Crippen LogP contribution in [0, 0.1) is 23.2 Å². The predicted octanol–water partition coefficient (Wildman–Crippen LogP) is 3.64. The van der Waals surface area contributed by atoms with Gasteiger partial charge in [0.1, 0.15) is 0 Å². The highest BCUT2D eigenvalue weighted by Gasteiger charge is 2.79. The number of amides is 1. The molecule has 20 heteroatoms. The summed E-state index contributed by atoms with van der Waals surface area (Å²) in [7, 11) is 1.26. The monoisotopic (exact) mass is 754 g/mol. The second kappa shape index (κ2) is 14.7. The number of aromatic nitrogens is 4. The van der Waals surface area contributed by atoms with Gasteiger partial charge in [0.25, 0.3) is 0 Å². The minimum atomic E-state index is -5.15. The van der Waals surface area contributed by atoms with E-state index in [1.807, 2.05) is 6.92 Å². The summed E-state index contributed by atoms with van der Waals surface area (Å²) in [5.41, 5.74) is -2.42. The van der Waals surface area contributed by atoms with Crippen LogP contribution in [0.2, 0.25) is 4.34 Å². The smallest absolute Gasteiger partial charge is 0.449 e. The van der Waals surface area contributed by atoms with Crippen molar-refractivity contribution in [1.29, 1.82) is 0 Å². The van der Waals surface area contributed by atoms with Crippen LogP contribution in [0.15, 0.2) is 12.1 Å². The Kier molecular flexibility index (Phi) is 10.8. The molecule has 2 saturated carbocycles. The molecule has 0 bridgehead atoms. The number of esters is 2. The summed E-state index contributed by atoms with van der Waals surface area (Å²) in [6, 6.07) is 1.64. The highest BCUT2D eigenvalue weighted by Crippen LogP contribution is 2.70. The number of carboxylic acids is 2. The average molecular weight is 755 g/mol. The summed E-state index contributed by atoms with van der Waals surface area (Å²) >= 11 is 7.15. The van der Waals surface area contributed by atoms with E-state index in [4.69, 9.17) is 31.3 Å². The highest BCUT2D eigenvalue weighted by molar-refractivity contribution is 7.16. The lowest BCUT2D eigenvalue weighted by molar-refractivity contribution is -0.176. The van der Waals surface area contributed by atoms with Gasteiger partial charge in [0.2, 0.25) is 17.6 Å². The van der Waals surface area contributed by atoms with Crippen LogP contribution in [-0.2, 0) is 39.6 Å². The zero-order valence-electron chi connectivity index (χ0n) is 26.9. The van der Waals surface area contributed by atoms with E-state index in [-0.39, 0.29) is 30.1 Å². The Balaban J connectivity index is 1.73. The molecule has 15 nitrogen and oxygen atoms in total. The largest absolute Gasteiger partial charge is 0.481 e. The number of alkyl halides is 3. The molecule has 0 aromatic carbocycles. The van der Waals surface area contributed by atoms with Gasteiger partial charge >= 0.3 is 30.1 Å². The molecule has 0 radical (unpaired) electrons. The number of carbonyl (C=O) groups excluding carboxylic acids is 3. The van der Waals surface area contributed by atoms with Crippen molar-refractivity contribution < 1.29 is 56.8 Å². The first-order chi connectivity index (χ1) is 24.1. The fourth-order valence-electron chi connectivity index (χ4n) is 6.22. The van der Waals surface area contributed by atoms with E-state index < -0.39 is 103 Å². The molecule has 0 saturated heterocycles. The maximum atomic E-state index is 15.0. The van der Waals surface area contributed by atoms with Gasteiger partial charge in [-0.15, -0.1) is 11.3 Å². The second-order valence-electron chi connectivity index (χ2n) is 11.7. The molecule has 5 atom stereocenters. The number of anilines is 1. The third-order valence-electron chi connectivity index (χ3n) is 8.38. The Morgan fingerprint density at radius 3 is 2.27 bits per heavy atom. The van der Waals surface area contributed by atoms with Gasteiger partial charge in [0.05, 0.1) is 46.4 Å². The molecule has 3 heterocycles. The van der Waals surface area contributed by atoms with Gasteiger partial charge in [0.15, 0.2) is 29.2 Å². The van der Waals surface area contributed by atoms with Crippen molar-refractivity contribution in [1.82, 2.24) is 24.8 Å². The standard InChI is InChI=1S/C31H30ClF3N6O9S/c1-3-12-37-26-22-27(39-17(38-26)7-5-14-4-6-16(32)51-14)41(28(40-22)31(33,34)35)23-15-13-30(15,29(48)36-2)25(50-21(47)11-9-19(44)45)24(23)49-20(46)10-8-18(42)43/h4,6,15,23-25H,3,8-13H2,1-2H3,(H,36,48)(H,42,43)(H,44,45)(H,37,38,39). The van der Waals surface area contributed by atoms with Crippen LogP contribution in [0.25, 0.3) is 11.2 Å². The zero-order valence-corrected chi connectivity index (χ0v) is 28.4. The molecular formula is C31H30ClF3N6O9S. The quantitative estimate of drug-likeness (QED) is 0.145. The molecule has 3 aromatic rings. The summed E-state index contributed by atoms with van der Waals surface area (Å²) < 4.78 is 57.2. The summed E-state index contributed by atoms with van der Waals surface area (Å²) in [5.74, 6) is -3.02. The first-order valence-electron chi connectivity index (χ1n) is 15.5. The van der Waals surface area contributed by atoms with E-state index in [0.29, 0.717) is 20.2 Å². The second-order valence-corrected chi connectivity index (χ2v) is 13.4. The van der Waals surface area contributed by atoms with Crippen LogP contribution >= 0.6 is 22.9 Å². The predicted molar refractivity (Wildman–Crippen MR) is 172 cm³/mol. The fraction of sp³-hybridized carbons (Fsp3) is 0.484. The van der Waals surface area contributed by atoms with Crippen LogP contribution in [0.5, 0.6) is 0 Å². The van der Waals surface area contributed by atoms with Gasteiger partial charge < -0.3 is 30.3 Å². The molecule has 3 aromatic heterocycles. The molecule has 272 valence electrons. The first-order valence-corrected chi connectivity index (χ1v) is 16.7.